The summed E-state index contributed by atoms with van der Waals surface area (Å²) in [4.78, 5) is 18.8. The van der Waals surface area contributed by atoms with Crippen molar-refractivity contribution in [3.8, 4) is 0 Å². The molecule has 2 aromatic rings. The maximum atomic E-state index is 10.6. The minimum Gasteiger partial charge on any atom is -0.350 e. The Hall–Kier alpha value is -2.54. The van der Waals surface area contributed by atoms with Crippen LogP contribution >= 0.6 is 0 Å². The summed E-state index contributed by atoms with van der Waals surface area (Å²) < 4.78 is 0. The number of hydrogen-bond acceptors (Lipinski definition) is 6. The van der Waals surface area contributed by atoms with Crippen molar-refractivity contribution in [2.45, 2.75) is 19.6 Å². The third-order valence-electron chi connectivity index (χ3n) is 3.20. The Morgan fingerprint density at radius 3 is 2.80 bits per heavy atom. The molecule has 0 fully saturated rings. The Morgan fingerprint density at radius 2 is 2.10 bits per heavy atom. The smallest absolute Gasteiger partial charge is 0.269 e. The van der Waals surface area contributed by atoms with Gasteiger partial charge < -0.3 is 5.32 Å². The van der Waals surface area contributed by atoms with Crippen molar-refractivity contribution in [1.82, 2.24) is 15.3 Å². The van der Waals surface area contributed by atoms with Crippen molar-refractivity contribution >= 4 is 11.5 Å². The topological polar surface area (TPSA) is 93.0 Å². The molecule has 1 aliphatic rings. The van der Waals surface area contributed by atoms with Gasteiger partial charge in [0.1, 0.15) is 17.8 Å². The summed E-state index contributed by atoms with van der Waals surface area (Å²) in [7, 11) is 0. The third kappa shape index (κ3) is 2.30. The van der Waals surface area contributed by atoms with E-state index < -0.39 is 4.92 Å². The zero-order chi connectivity index (χ0) is 14.1. The Morgan fingerprint density at radius 1 is 1.35 bits per heavy atom. The van der Waals surface area contributed by atoms with Crippen molar-refractivity contribution in [2.24, 2.45) is 0 Å². The van der Waals surface area contributed by atoms with E-state index in [2.05, 4.69) is 20.6 Å². The van der Waals surface area contributed by atoms with Gasteiger partial charge in [0.15, 0.2) is 0 Å². The normalized spacial score (nSPS) is 17.1. The molecule has 1 aliphatic heterocycles. The second-order valence-electron chi connectivity index (χ2n) is 4.60. The van der Waals surface area contributed by atoms with Crippen LogP contribution in [0.5, 0.6) is 0 Å². The van der Waals surface area contributed by atoms with Crippen LogP contribution in [0.1, 0.15) is 23.1 Å². The van der Waals surface area contributed by atoms with Crippen LogP contribution in [0.15, 0.2) is 30.5 Å². The van der Waals surface area contributed by atoms with Crippen LogP contribution in [0.3, 0.4) is 0 Å². The fourth-order valence-corrected chi connectivity index (χ4v) is 2.14. The molecular formula is C13H13N5O2. The SMILES string of the molecule is Cc1ncc2c(n1)N[C@H](c1ccc([N+](=O)[O-])cc1)NC2. The quantitative estimate of drug-likeness (QED) is 0.640. The Bertz CT molecular complexity index is 656. The number of nitro groups is 1. The summed E-state index contributed by atoms with van der Waals surface area (Å²) in [6.07, 6.45) is 1.68. The molecule has 7 heteroatoms. The van der Waals surface area contributed by atoms with E-state index in [0.717, 1.165) is 16.9 Å². The molecule has 2 heterocycles. The number of anilines is 1. The largest absolute Gasteiger partial charge is 0.350 e. The molecule has 1 aromatic carbocycles. The van der Waals surface area contributed by atoms with Crippen LogP contribution in [-0.4, -0.2) is 14.9 Å². The fourth-order valence-electron chi connectivity index (χ4n) is 2.14. The van der Waals surface area contributed by atoms with Crippen molar-refractivity contribution in [3.05, 3.63) is 57.5 Å². The number of aryl methyl sites for hydroxylation is 1. The van der Waals surface area contributed by atoms with Gasteiger partial charge in [-0.25, -0.2) is 9.97 Å². The average Bonchev–Trinajstić information content (AvgIpc) is 2.46. The first-order valence-corrected chi connectivity index (χ1v) is 6.20. The molecule has 0 unspecified atom stereocenters. The van der Waals surface area contributed by atoms with Gasteiger partial charge in [0.05, 0.1) is 4.92 Å². The van der Waals surface area contributed by atoms with Crippen molar-refractivity contribution in [1.29, 1.82) is 0 Å². The molecule has 0 saturated heterocycles. The molecule has 0 amide bonds. The highest BCUT2D eigenvalue weighted by Gasteiger charge is 2.20. The third-order valence-corrected chi connectivity index (χ3v) is 3.20. The summed E-state index contributed by atoms with van der Waals surface area (Å²) in [6.45, 7) is 2.50. The van der Waals surface area contributed by atoms with Crippen LogP contribution in [0.4, 0.5) is 11.5 Å². The van der Waals surface area contributed by atoms with E-state index in [1.807, 2.05) is 6.92 Å². The van der Waals surface area contributed by atoms with Crippen LogP contribution in [-0.2, 0) is 6.54 Å². The summed E-state index contributed by atoms with van der Waals surface area (Å²) in [6, 6.07) is 6.47. The highest BCUT2D eigenvalue weighted by atomic mass is 16.6. The van der Waals surface area contributed by atoms with Gasteiger partial charge in [-0.1, -0.05) is 0 Å². The van der Waals surface area contributed by atoms with E-state index in [9.17, 15) is 10.1 Å². The summed E-state index contributed by atoms with van der Waals surface area (Å²) in [5.74, 6) is 1.51. The molecule has 0 aliphatic carbocycles. The molecule has 0 spiro atoms. The molecule has 0 saturated carbocycles. The molecule has 102 valence electrons. The number of rotatable bonds is 2. The predicted octanol–water partition coefficient (Wildman–Crippen LogP) is 1.91. The Balaban J connectivity index is 1.84. The first-order chi connectivity index (χ1) is 9.63. The van der Waals surface area contributed by atoms with Gasteiger partial charge in [0.2, 0.25) is 0 Å². The molecular weight excluding hydrogens is 258 g/mol. The van der Waals surface area contributed by atoms with Gasteiger partial charge in [0, 0.05) is 30.4 Å². The first kappa shape index (κ1) is 12.5. The fraction of sp³-hybridized carbons (Fsp3) is 0.231. The standard InChI is InChI=1S/C13H13N5O2/c1-8-14-6-10-7-15-12(17-13(10)16-8)9-2-4-11(5-3-9)18(19)20/h2-6,12,15H,7H2,1H3,(H,14,16,17)/t12-/m1/s1. The number of hydrogen-bond donors (Lipinski definition) is 2. The van der Waals surface area contributed by atoms with Gasteiger partial charge in [-0.2, -0.15) is 0 Å². The lowest BCUT2D eigenvalue weighted by Crippen LogP contribution is -2.33. The molecule has 1 atom stereocenters. The van der Waals surface area contributed by atoms with E-state index in [4.69, 9.17) is 0 Å². The zero-order valence-electron chi connectivity index (χ0n) is 10.8. The van der Waals surface area contributed by atoms with Crippen LogP contribution in [0, 0.1) is 17.0 Å². The maximum Gasteiger partial charge on any atom is 0.269 e. The Labute approximate surface area is 115 Å². The number of nitro benzene ring substituents is 1. The van der Waals surface area contributed by atoms with Gasteiger partial charge in [-0.15, -0.1) is 0 Å². The summed E-state index contributed by atoms with van der Waals surface area (Å²) in [5, 5.41) is 17.2. The number of nitrogens with zero attached hydrogens (tertiary/aromatic N) is 3. The molecule has 20 heavy (non-hydrogen) atoms. The monoisotopic (exact) mass is 271 g/mol. The van der Waals surface area contributed by atoms with Crippen molar-refractivity contribution in [3.63, 3.8) is 0 Å². The number of non-ortho nitro benzene ring substituents is 1. The Kier molecular flexibility index (Phi) is 3.03. The highest BCUT2D eigenvalue weighted by Crippen LogP contribution is 2.25. The zero-order valence-corrected chi connectivity index (χ0v) is 10.8. The molecule has 7 nitrogen and oxygen atoms in total. The summed E-state index contributed by atoms with van der Waals surface area (Å²) >= 11 is 0. The number of aromatic nitrogens is 2. The summed E-state index contributed by atoms with van der Waals surface area (Å²) in [5.41, 5.74) is 2.02. The number of fused-ring (bicyclic) bond motifs is 1. The van der Waals surface area contributed by atoms with Crippen LogP contribution in [0.2, 0.25) is 0 Å². The van der Waals surface area contributed by atoms with Crippen molar-refractivity contribution in [2.75, 3.05) is 5.32 Å². The second-order valence-corrected chi connectivity index (χ2v) is 4.60. The van der Waals surface area contributed by atoms with E-state index >= 15 is 0 Å². The number of nitrogens with one attached hydrogen (secondary N) is 2. The molecule has 1 aromatic heterocycles. The average molecular weight is 271 g/mol. The van der Waals surface area contributed by atoms with Crippen LogP contribution in [0.25, 0.3) is 0 Å². The van der Waals surface area contributed by atoms with Gasteiger partial charge in [0.25, 0.3) is 5.69 Å². The lowest BCUT2D eigenvalue weighted by atomic mass is 10.1. The maximum absolute atomic E-state index is 10.6. The van der Waals surface area contributed by atoms with Gasteiger partial charge >= 0.3 is 0 Å². The molecule has 3 rings (SSSR count). The highest BCUT2D eigenvalue weighted by molar-refractivity contribution is 5.48. The predicted molar refractivity (Wildman–Crippen MR) is 73.1 cm³/mol. The molecule has 0 bridgehead atoms. The first-order valence-electron chi connectivity index (χ1n) is 6.20. The van der Waals surface area contributed by atoms with E-state index in [0.29, 0.717) is 12.4 Å². The second kappa shape index (κ2) is 4.86. The minimum absolute atomic E-state index is 0.0862. The molecule has 2 N–H and O–H groups in total. The van der Waals surface area contributed by atoms with Gasteiger partial charge in [-0.3, -0.25) is 15.4 Å². The minimum atomic E-state index is -0.405. The van der Waals surface area contributed by atoms with E-state index in [-0.39, 0.29) is 11.9 Å². The number of benzene rings is 1. The molecule has 0 radical (unpaired) electrons. The van der Waals surface area contributed by atoms with E-state index in [1.54, 1.807) is 18.3 Å². The lowest BCUT2D eigenvalue weighted by molar-refractivity contribution is -0.384. The van der Waals surface area contributed by atoms with Gasteiger partial charge in [-0.05, 0) is 24.6 Å². The van der Waals surface area contributed by atoms with Crippen molar-refractivity contribution < 1.29 is 4.92 Å². The van der Waals surface area contributed by atoms with E-state index in [1.165, 1.54) is 12.1 Å². The lowest BCUT2D eigenvalue weighted by Gasteiger charge is -2.27. The van der Waals surface area contributed by atoms with Crippen LogP contribution < -0.4 is 10.6 Å².